The van der Waals surface area contributed by atoms with Gasteiger partial charge in [-0.15, -0.1) is 34.9 Å². The molecule has 0 saturated heterocycles. The molecule has 1 N–H and O–H groups in total. The second kappa shape index (κ2) is 15.3. The summed E-state index contributed by atoms with van der Waals surface area (Å²) in [6.07, 6.45) is 7.71. The van der Waals surface area contributed by atoms with Crippen molar-refractivity contribution in [2.24, 2.45) is 16.2 Å². The number of allylic oxidation sites excluding steroid dienone is 2. The Kier molecular flexibility index (Phi) is 13.7. The van der Waals surface area contributed by atoms with Crippen molar-refractivity contribution in [3.63, 3.8) is 0 Å². The van der Waals surface area contributed by atoms with Crippen molar-refractivity contribution in [3.05, 3.63) is 77.2 Å². The van der Waals surface area contributed by atoms with Gasteiger partial charge < -0.3 is 10.1 Å². The molecule has 4 heteroatoms. The summed E-state index contributed by atoms with van der Waals surface area (Å²) in [7, 11) is 0. The summed E-state index contributed by atoms with van der Waals surface area (Å²) in [5.74, 6) is 0.286. The predicted molar refractivity (Wildman–Crippen MR) is 172 cm³/mol. The largest absolute Gasteiger partial charge is 0.512 e. The van der Waals surface area contributed by atoms with Gasteiger partial charge in [-0.3, -0.25) is 4.79 Å². The average molecular weight is 735 g/mol. The molecule has 0 atom stereocenters. The number of pyridine rings is 1. The van der Waals surface area contributed by atoms with Gasteiger partial charge in [0, 0.05) is 43.2 Å². The summed E-state index contributed by atoms with van der Waals surface area (Å²) >= 11 is 0. The number of hydrogen-bond donors (Lipinski definition) is 1. The van der Waals surface area contributed by atoms with Crippen molar-refractivity contribution in [1.82, 2.24) is 4.98 Å². The fourth-order valence-corrected chi connectivity index (χ4v) is 4.86. The molecule has 2 aromatic carbocycles. The minimum Gasteiger partial charge on any atom is -0.512 e. The van der Waals surface area contributed by atoms with Gasteiger partial charge in [0.05, 0.1) is 0 Å². The number of benzene rings is 2. The maximum absolute atomic E-state index is 12.2. The quantitative estimate of drug-likeness (QED) is 0.135. The van der Waals surface area contributed by atoms with Gasteiger partial charge in [0.1, 0.15) is 5.76 Å². The predicted octanol–water partition coefficient (Wildman–Crippen LogP) is 10.6. The number of fused-ring (bicyclic) bond motifs is 1. The molecule has 3 aromatic rings. The SMILES string of the molecule is CCC(C)(CC)C(=O)/C=C(\O)C(C)(CC)CC.Cc1[c-]c(-c2nccc3ccc(CC(C)(C)C)cc23)cc(C)c1.[Ir]. The van der Waals surface area contributed by atoms with Crippen molar-refractivity contribution < 1.29 is 30.0 Å². The van der Waals surface area contributed by atoms with Crippen molar-refractivity contribution in [3.8, 4) is 11.3 Å². The van der Waals surface area contributed by atoms with E-state index in [9.17, 15) is 9.90 Å². The van der Waals surface area contributed by atoms with E-state index >= 15 is 0 Å². The van der Waals surface area contributed by atoms with Gasteiger partial charge >= 0.3 is 0 Å². The first-order valence-corrected chi connectivity index (χ1v) is 15.0. The molecule has 3 nitrogen and oxygen atoms in total. The van der Waals surface area contributed by atoms with Crippen LogP contribution >= 0.6 is 0 Å². The maximum Gasteiger partial charge on any atom is 0.164 e. The van der Waals surface area contributed by atoms with Crippen LogP contribution in [0.3, 0.4) is 0 Å². The zero-order valence-corrected chi connectivity index (χ0v) is 29.7. The molecule has 0 aliphatic heterocycles. The Morgan fingerprint density at radius 2 is 1.46 bits per heavy atom. The molecule has 0 aliphatic carbocycles. The van der Waals surface area contributed by atoms with Crippen LogP contribution in [-0.4, -0.2) is 15.9 Å². The van der Waals surface area contributed by atoms with E-state index in [2.05, 4.69) is 82.1 Å². The van der Waals surface area contributed by atoms with Gasteiger partial charge in [-0.25, -0.2) is 0 Å². The first-order valence-electron chi connectivity index (χ1n) is 15.0. The molecule has 1 heterocycles. The van der Waals surface area contributed by atoms with E-state index in [1.165, 1.54) is 28.0 Å². The molecule has 0 fully saturated rings. The van der Waals surface area contributed by atoms with E-state index in [4.69, 9.17) is 0 Å². The number of hydrogen-bond acceptors (Lipinski definition) is 3. The Labute approximate surface area is 263 Å². The van der Waals surface area contributed by atoms with E-state index in [-0.39, 0.29) is 47.9 Å². The summed E-state index contributed by atoms with van der Waals surface area (Å²) in [6.45, 7) is 23.1. The van der Waals surface area contributed by atoms with E-state index < -0.39 is 0 Å². The molecule has 0 amide bonds. The number of rotatable bonds is 9. The normalized spacial score (nSPS) is 12.4. The molecular formula is C37H52IrNO2-. The third kappa shape index (κ3) is 9.90. The topological polar surface area (TPSA) is 50.2 Å². The van der Waals surface area contributed by atoms with Crippen LogP contribution < -0.4 is 0 Å². The van der Waals surface area contributed by atoms with Crippen molar-refractivity contribution in [2.45, 2.75) is 108 Å². The molecule has 0 spiro atoms. The fourth-order valence-electron chi connectivity index (χ4n) is 4.86. The Hall–Kier alpha value is -2.29. The smallest absolute Gasteiger partial charge is 0.164 e. The third-order valence-corrected chi connectivity index (χ3v) is 8.57. The van der Waals surface area contributed by atoms with E-state index in [0.717, 1.165) is 48.9 Å². The summed E-state index contributed by atoms with van der Waals surface area (Å²) < 4.78 is 0. The molecule has 0 unspecified atom stereocenters. The van der Waals surface area contributed by atoms with Crippen LogP contribution in [0.25, 0.3) is 22.0 Å². The Bertz CT molecular complexity index is 1300. The number of nitrogens with zero attached hydrogens (tertiary/aromatic N) is 1. The summed E-state index contributed by atoms with van der Waals surface area (Å²) in [5.41, 5.74) is 5.57. The molecule has 227 valence electrons. The average Bonchev–Trinajstić information content (AvgIpc) is 2.90. The number of aliphatic hydroxyl groups excluding tert-OH is 1. The van der Waals surface area contributed by atoms with Crippen molar-refractivity contribution in [2.75, 3.05) is 0 Å². The standard InChI is InChI=1S/C22H24N.C15H28O2.Ir/c1-15-10-16(2)12-19(11-15)21-20-13-17(14-22(3,4)5)6-7-18(20)8-9-23-21;1-7-14(5,8-2)12(16)11-13(17)15(6,9-3)10-4;/h6-11,13H,14H2,1-5H3;11,16H,7-10H2,1-6H3;/q-1;;/b;12-11-;. The molecule has 3 rings (SSSR count). The van der Waals surface area contributed by atoms with E-state index in [0.29, 0.717) is 0 Å². The Morgan fingerprint density at radius 3 is 1.98 bits per heavy atom. The summed E-state index contributed by atoms with van der Waals surface area (Å²) in [5, 5.41) is 12.6. The molecule has 1 aromatic heterocycles. The Morgan fingerprint density at radius 1 is 0.878 bits per heavy atom. The molecule has 0 saturated carbocycles. The van der Waals surface area contributed by atoms with Crippen molar-refractivity contribution in [1.29, 1.82) is 0 Å². The van der Waals surface area contributed by atoms with Crippen LogP contribution in [0.15, 0.2) is 54.4 Å². The second-order valence-electron chi connectivity index (χ2n) is 13.1. The Balaban J connectivity index is 0.000000421. The monoisotopic (exact) mass is 735 g/mol. The number of aryl methyl sites for hydroxylation is 2. The first kappa shape index (κ1) is 36.7. The molecule has 0 bridgehead atoms. The summed E-state index contributed by atoms with van der Waals surface area (Å²) in [6, 6.07) is 16.6. The third-order valence-electron chi connectivity index (χ3n) is 8.57. The van der Waals surface area contributed by atoms with Crippen molar-refractivity contribution >= 4 is 16.6 Å². The van der Waals surface area contributed by atoms with Crippen LogP contribution in [0.2, 0.25) is 0 Å². The molecule has 41 heavy (non-hydrogen) atoms. The minimum absolute atomic E-state index is 0. The number of carbonyl (C=O) groups is 1. The van der Waals surface area contributed by atoms with Crippen LogP contribution in [0.4, 0.5) is 0 Å². The fraction of sp³-hybridized carbons (Fsp3) is 0.514. The van der Waals surface area contributed by atoms with Crippen LogP contribution in [0.1, 0.15) is 105 Å². The van der Waals surface area contributed by atoms with Gasteiger partial charge in [0.15, 0.2) is 5.78 Å². The van der Waals surface area contributed by atoms with Gasteiger partial charge in [0.2, 0.25) is 0 Å². The second-order valence-corrected chi connectivity index (χ2v) is 13.1. The van der Waals surface area contributed by atoms with Gasteiger partial charge in [-0.2, -0.15) is 0 Å². The summed E-state index contributed by atoms with van der Waals surface area (Å²) in [4.78, 5) is 16.8. The maximum atomic E-state index is 12.2. The number of aromatic nitrogens is 1. The van der Waals surface area contributed by atoms with Gasteiger partial charge in [0.25, 0.3) is 0 Å². The van der Waals surface area contributed by atoms with Gasteiger partial charge in [-0.05, 0) is 65.6 Å². The zero-order valence-electron chi connectivity index (χ0n) is 27.3. The molecule has 0 aliphatic rings. The van der Waals surface area contributed by atoms with Crippen LogP contribution in [-0.2, 0) is 31.3 Å². The van der Waals surface area contributed by atoms with Gasteiger partial charge in [-0.1, -0.05) is 94.4 Å². The minimum atomic E-state index is -0.337. The zero-order chi connectivity index (χ0) is 30.3. The molecule has 1 radical (unpaired) electrons. The van der Waals surface area contributed by atoms with Crippen LogP contribution in [0.5, 0.6) is 0 Å². The first-order chi connectivity index (χ1) is 18.6. The van der Waals surface area contributed by atoms with Crippen LogP contribution in [0, 0.1) is 36.2 Å². The van der Waals surface area contributed by atoms with E-state index in [1.807, 2.05) is 47.7 Å². The van der Waals surface area contributed by atoms with E-state index in [1.54, 1.807) is 0 Å². The number of ketones is 1. The number of carbonyl (C=O) groups excluding carboxylic acids is 1. The number of aliphatic hydroxyl groups is 1. The molecular weight excluding hydrogens is 683 g/mol.